The molecule has 1 saturated heterocycles. The van der Waals surface area contributed by atoms with Crippen LogP contribution < -0.4 is 10.6 Å². The van der Waals surface area contributed by atoms with Crippen molar-refractivity contribution in [2.45, 2.75) is 25.8 Å². The predicted molar refractivity (Wildman–Crippen MR) is 118 cm³/mol. The smallest absolute Gasteiger partial charge is 0.257 e. The van der Waals surface area contributed by atoms with Gasteiger partial charge in [0.15, 0.2) is 5.82 Å². The van der Waals surface area contributed by atoms with Gasteiger partial charge in [-0.25, -0.2) is 18.7 Å². The quantitative estimate of drug-likeness (QED) is 0.622. The van der Waals surface area contributed by atoms with E-state index in [0.29, 0.717) is 17.8 Å². The van der Waals surface area contributed by atoms with E-state index in [1.165, 1.54) is 6.07 Å². The Labute approximate surface area is 188 Å². The highest BCUT2D eigenvalue weighted by Gasteiger charge is 2.28. The van der Waals surface area contributed by atoms with Crippen molar-refractivity contribution >= 4 is 23.3 Å². The van der Waals surface area contributed by atoms with Crippen LogP contribution in [0.3, 0.4) is 0 Å². The third-order valence-electron chi connectivity index (χ3n) is 5.84. The van der Waals surface area contributed by atoms with Crippen molar-refractivity contribution in [2.24, 2.45) is 0 Å². The molecule has 0 radical (unpaired) electrons. The fraction of sp³-hybridized carbons (Fsp3) is 0.250. The number of halogens is 2. The molecule has 0 spiro atoms. The summed E-state index contributed by atoms with van der Waals surface area (Å²) in [5.41, 5.74) is 1.75. The van der Waals surface area contributed by atoms with Crippen LogP contribution in [-0.4, -0.2) is 39.8 Å². The molecule has 0 atom stereocenters. The second-order valence-electron chi connectivity index (χ2n) is 8.08. The first-order valence-corrected chi connectivity index (χ1v) is 10.8. The van der Waals surface area contributed by atoms with Gasteiger partial charge in [0.25, 0.3) is 5.91 Å². The number of likely N-dealkylation sites (tertiary alicyclic amines) is 1. The van der Waals surface area contributed by atoms with Gasteiger partial charge in [-0.1, -0.05) is 18.2 Å². The molecule has 0 unspecified atom stereocenters. The molecule has 1 aromatic heterocycles. The Bertz CT molecular complexity index is 1220. The number of carbonyl (C=O) groups is 2. The molecule has 9 heteroatoms. The lowest BCUT2D eigenvalue weighted by atomic mass is 10.1. The molecular weight excluding hydrogens is 428 g/mol. The topological polar surface area (TPSA) is 87.2 Å². The predicted octanol–water partition coefficient (Wildman–Crippen LogP) is 3.57. The van der Waals surface area contributed by atoms with Crippen molar-refractivity contribution in [1.82, 2.24) is 20.2 Å². The van der Waals surface area contributed by atoms with Crippen LogP contribution in [0.4, 0.5) is 20.3 Å². The number of hydrogen-bond acceptors (Lipinski definition) is 5. The van der Waals surface area contributed by atoms with Gasteiger partial charge in [0.05, 0.1) is 24.2 Å². The monoisotopic (exact) mass is 449 g/mol. The Morgan fingerprint density at radius 1 is 1.00 bits per heavy atom. The second-order valence-corrected chi connectivity index (χ2v) is 8.08. The molecule has 168 valence electrons. The number of hydrogen-bond donors (Lipinski definition) is 2. The zero-order valence-electron chi connectivity index (χ0n) is 17.7. The van der Waals surface area contributed by atoms with E-state index in [9.17, 15) is 18.4 Å². The summed E-state index contributed by atoms with van der Waals surface area (Å²) in [6.45, 7) is 1.76. The maximum atomic E-state index is 14.3. The van der Waals surface area contributed by atoms with Crippen LogP contribution in [-0.2, 0) is 17.8 Å². The van der Waals surface area contributed by atoms with Gasteiger partial charge in [0.1, 0.15) is 23.0 Å². The summed E-state index contributed by atoms with van der Waals surface area (Å²) < 4.78 is 28.7. The first-order chi connectivity index (χ1) is 16.0. The Balaban J connectivity index is 1.43. The Hall–Kier alpha value is -3.88. The zero-order valence-corrected chi connectivity index (χ0v) is 17.7. The lowest BCUT2D eigenvalue weighted by Crippen LogP contribution is -2.29. The van der Waals surface area contributed by atoms with E-state index in [4.69, 9.17) is 0 Å². The SMILES string of the molecule is O=C1NCc2nc(-c3c(F)cccc3F)nc(Nc3ccc(CC(=O)N4CCCC4)cc3)c21. The number of nitrogens with one attached hydrogen (secondary N) is 2. The van der Waals surface area contributed by atoms with Crippen LogP contribution >= 0.6 is 0 Å². The van der Waals surface area contributed by atoms with Crippen LogP contribution in [0.5, 0.6) is 0 Å². The summed E-state index contributed by atoms with van der Waals surface area (Å²) in [4.78, 5) is 35.1. The fourth-order valence-electron chi connectivity index (χ4n) is 4.14. The molecular formula is C24H21F2N5O2. The molecule has 2 aromatic carbocycles. The zero-order chi connectivity index (χ0) is 22.9. The Morgan fingerprint density at radius 3 is 2.39 bits per heavy atom. The number of nitrogens with zero attached hydrogens (tertiary/aromatic N) is 3. The highest BCUT2D eigenvalue weighted by molar-refractivity contribution is 6.03. The van der Waals surface area contributed by atoms with Gasteiger partial charge in [-0.05, 0) is 42.7 Å². The average molecular weight is 449 g/mol. The molecule has 3 aromatic rings. The number of benzene rings is 2. The summed E-state index contributed by atoms with van der Waals surface area (Å²) >= 11 is 0. The molecule has 7 nitrogen and oxygen atoms in total. The molecule has 2 amide bonds. The van der Waals surface area contributed by atoms with Crippen LogP contribution in [0.25, 0.3) is 11.4 Å². The molecule has 2 aliphatic heterocycles. The van der Waals surface area contributed by atoms with Gasteiger partial charge in [-0.15, -0.1) is 0 Å². The Morgan fingerprint density at radius 2 is 1.70 bits per heavy atom. The molecule has 0 bridgehead atoms. The standard InChI is InChI=1S/C24H21F2N5O2/c25-16-4-3-5-17(26)20(16)22-29-18-13-27-24(33)21(18)23(30-22)28-15-8-6-14(7-9-15)12-19(32)31-10-1-2-11-31/h3-9H,1-2,10-13H2,(H,27,33)(H,28,29,30). The molecule has 5 rings (SSSR count). The molecule has 0 saturated carbocycles. The summed E-state index contributed by atoms with van der Waals surface area (Å²) in [6.07, 6.45) is 2.41. The summed E-state index contributed by atoms with van der Waals surface area (Å²) in [5.74, 6) is -1.81. The summed E-state index contributed by atoms with van der Waals surface area (Å²) in [7, 11) is 0. The number of fused-ring (bicyclic) bond motifs is 1. The maximum Gasteiger partial charge on any atom is 0.257 e. The lowest BCUT2D eigenvalue weighted by molar-refractivity contribution is -0.129. The van der Waals surface area contributed by atoms with Gasteiger partial charge >= 0.3 is 0 Å². The minimum atomic E-state index is -0.787. The number of anilines is 2. The lowest BCUT2D eigenvalue weighted by Gasteiger charge is -2.15. The van der Waals surface area contributed by atoms with Gasteiger partial charge < -0.3 is 15.5 Å². The van der Waals surface area contributed by atoms with E-state index in [2.05, 4.69) is 20.6 Å². The normalized spacial score (nSPS) is 14.8. The second kappa shape index (κ2) is 8.57. The Kier molecular flexibility index (Phi) is 5.45. The molecule has 2 N–H and O–H groups in total. The molecule has 0 aliphatic carbocycles. The van der Waals surface area contributed by atoms with E-state index >= 15 is 0 Å². The first kappa shape index (κ1) is 21.0. The van der Waals surface area contributed by atoms with Gasteiger partial charge in [-0.2, -0.15) is 0 Å². The van der Waals surface area contributed by atoms with Gasteiger partial charge in [-0.3, -0.25) is 9.59 Å². The largest absolute Gasteiger partial charge is 0.346 e. The van der Waals surface area contributed by atoms with Gasteiger partial charge in [0.2, 0.25) is 5.91 Å². The maximum absolute atomic E-state index is 14.3. The number of aromatic nitrogens is 2. The highest BCUT2D eigenvalue weighted by atomic mass is 19.1. The van der Waals surface area contributed by atoms with Crippen molar-refractivity contribution in [3.63, 3.8) is 0 Å². The minimum Gasteiger partial charge on any atom is -0.346 e. The third kappa shape index (κ3) is 4.13. The van der Waals surface area contributed by atoms with E-state index in [1.54, 1.807) is 12.1 Å². The molecule has 3 heterocycles. The number of amides is 2. The first-order valence-electron chi connectivity index (χ1n) is 10.8. The number of carbonyl (C=O) groups excluding carboxylic acids is 2. The van der Waals surface area contributed by atoms with Crippen molar-refractivity contribution in [3.8, 4) is 11.4 Å². The van der Waals surface area contributed by atoms with E-state index in [-0.39, 0.29) is 41.1 Å². The average Bonchev–Trinajstić information content (AvgIpc) is 3.46. The molecule has 33 heavy (non-hydrogen) atoms. The van der Waals surface area contributed by atoms with E-state index < -0.39 is 11.6 Å². The van der Waals surface area contributed by atoms with Crippen molar-refractivity contribution in [3.05, 3.63) is 70.9 Å². The van der Waals surface area contributed by atoms with E-state index in [1.807, 2.05) is 17.0 Å². The van der Waals surface area contributed by atoms with E-state index in [0.717, 1.165) is 43.6 Å². The van der Waals surface area contributed by atoms with Crippen LogP contribution in [0.15, 0.2) is 42.5 Å². The number of rotatable bonds is 5. The van der Waals surface area contributed by atoms with Gasteiger partial charge in [0, 0.05) is 18.8 Å². The van der Waals surface area contributed by atoms with Crippen LogP contribution in [0.2, 0.25) is 0 Å². The third-order valence-corrected chi connectivity index (χ3v) is 5.84. The van der Waals surface area contributed by atoms with Crippen molar-refractivity contribution in [1.29, 1.82) is 0 Å². The summed E-state index contributed by atoms with van der Waals surface area (Å²) in [5, 5.41) is 5.73. The fourth-order valence-corrected chi connectivity index (χ4v) is 4.14. The highest BCUT2D eigenvalue weighted by Crippen LogP contribution is 2.30. The van der Waals surface area contributed by atoms with Crippen molar-refractivity contribution < 1.29 is 18.4 Å². The molecule has 1 fully saturated rings. The summed E-state index contributed by atoms with van der Waals surface area (Å²) in [6, 6.07) is 10.7. The van der Waals surface area contributed by atoms with Crippen LogP contribution in [0.1, 0.15) is 34.5 Å². The minimum absolute atomic E-state index is 0.107. The van der Waals surface area contributed by atoms with Crippen molar-refractivity contribution in [2.75, 3.05) is 18.4 Å². The van der Waals surface area contributed by atoms with Crippen LogP contribution in [0, 0.1) is 11.6 Å². The molecule has 2 aliphatic rings.